The quantitative estimate of drug-likeness (QED) is 0.718. The number of likely N-dealkylation sites (tertiary alicyclic amines) is 1. The number of aromatic nitrogens is 2. The molecule has 148 valence electrons. The van der Waals surface area contributed by atoms with Gasteiger partial charge in [-0.2, -0.15) is 4.98 Å². The lowest BCUT2D eigenvalue weighted by Crippen LogP contribution is -2.41. The van der Waals surface area contributed by atoms with Crippen molar-refractivity contribution in [1.82, 2.24) is 15.0 Å². The summed E-state index contributed by atoms with van der Waals surface area (Å²) in [7, 11) is 0. The lowest BCUT2D eigenvalue weighted by Gasteiger charge is -2.33. The van der Waals surface area contributed by atoms with Crippen LogP contribution in [0.25, 0.3) is 11.4 Å². The minimum Gasteiger partial charge on any atom is -0.454 e. The molecule has 1 N–H and O–H groups in total. The van der Waals surface area contributed by atoms with Gasteiger partial charge < -0.3 is 24.2 Å². The Hall–Kier alpha value is -3.55. The van der Waals surface area contributed by atoms with E-state index in [0.717, 1.165) is 24.8 Å². The highest BCUT2D eigenvalue weighted by molar-refractivity contribution is 5.90. The van der Waals surface area contributed by atoms with Crippen molar-refractivity contribution in [2.75, 3.05) is 18.7 Å². The molecule has 2 aromatic carbocycles. The number of urea groups is 1. The average molecular weight is 392 g/mol. The maximum Gasteiger partial charge on any atom is 0.322 e. The Labute approximate surface area is 167 Å². The molecular weight excluding hydrogens is 372 g/mol. The molecule has 1 aromatic heterocycles. The second-order valence-electron chi connectivity index (χ2n) is 7.03. The lowest BCUT2D eigenvalue weighted by molar-refractivity contribution is 0.142. The summed E-state index contributed by atoms with van der Waals surface area (Å²) in [5.74, 6) is 2.30. The van der Waals surface area contributed by atoms with Crippen LogP contribution in [0.15, 0.2) is 53.1 Å². The van der Waals surface area contributed by atoms with E-state index in [1.807, 2.05) is 30.3 Å². The van der Waals surface area contributed by atoms with Crippen LogP contribution in [0.3, 0.4) is 0 Å². The zero-order valence-corrected chi connectivity index (χ0v) is 15.7. The van der Waals surface area contributed by atoms with Gasteiger partial charge in [-0.15, -0.1) is 0 Å². The molecule has 2 aliphatic heterocycles. The van der Waals surface area contributed by atoms with Crippen molar-refractivity contribution in [3.8, 4) is 22.9 Å². The van der Waals surface area contributed by atoms with Crippen LogP contribution in [0.2, 0.25) is 0 Å². The molecule has 3 heterocycles. The summed E-state index contributed by atoms with van der Waals surface area (Å²) in [5.41, 5.74) is 1.54. The summed E-state index contributed by atoms with van der Waals surface area (Å²) in [6, 6.07) is 14.6. The van der Waals surface area contributed by atoms with Gasteiger partial charge in [-0.3, -0.25) is 0 Å². The third-order valence-electron chi connectivity index (χ3n) is 5.15. The molecule has 0 bridgehead atoms. The highest BCUT2D eigenvalue weighted by atomic mass is 16.7. The van der Waals surface area contributed by atoms with E-state index in [2.05, 4.69) is 15.5 Å². The van der Waals surface area contributed by atoms with Gasteiger partial charge in [-0.05, 0) is 31.4 Å². The van der Waals surface area contributed by atoms with Crippen molar-refractivity contribution >= 4 is 11.7 Å². The maximum atomic E-state index is 13.0. The summed E-state index contributed by atoms with van der Waals surface area (Å²) in [5, 5.41) is 7.04. The van der Waals surface area contributed by atoms with Gasteiger partial charge in [0, 0.05) is 23.9 Å². The Kier molecular flexibility index (Phi) is 4.51. The first kappa shape index (κ1) is 17.5. The molecule has 0 spiro atoms. The van der Waals surface area contributed by atoms with Gasteiger partial charge in [0.1, 0.15) is 6.04 Å². The summed E-state index contributed by atoms with van der Waals surface area (Å²) >= 11 is 0. The fourth-order valence-corrected chi connectivity index (χ4v) is 3.68. The van der Waals surface area contributed by atoms with Gasteiger partial charge >= 0.3 is 6.03 Å². The summed E-state index contributed by atoms with van der Waals surface area (Å²) < 4.78 is 16.2. The molecule has 8 nitrogen and oxygen atoms in total. The number of carbonyl (C=O) groups is 1. The van der Waals surface area contributed by atoms with Crippen LogP contribution in [0.4, 0.5) is 10.5 Å². The lowest BCUT2D eigenvalue weighted by atomic mass is 10.0. The first-order valence-corrected chi connectivity index (χ1v) is 9.64. The molecule has 3 aromatic rings. The number of ether oxygens (including phenoxy) is 2. The SMILES string of the molecule is O=C(Nc1ccc2c(c1)OCO2)N1CCCC[C@H]1c1nc(-c2ccccc2)no1. The molecule has 0 saturated carbocycles. The Morgan fingerprint density at radius 3 is 2.83 bits per heavy atom. The minimum atomic E-state index is -0.247. The number of fused-ring (bicyclic) bond motifs is 1. The molecule has 2 amide bonds. The predicted octanol–water partition coefficient (Wildman–Crippen LogP) is 4.22. The molecule has 0 unspecified atom stereocenters. The van der Waals surface area contributed by atoms with Gasteiger partial charge in [0.15, 0.2) is 11.5 Å². The van der Waals surface area contributed by atoms with Gasteiger partial charge in [-0.25, -0.2) is 4.79 Å². The summed E-state index contributed by atoms with van der Waals surface area (Å²) in [6.45, 7) is 0.825. The monoisotopic (exact) mass is 392 g/mol. The predicted molar refractivity (Wildman–Crippen MR) is 105 cm³/mol. The number of benzene rings is 2. The van der Waals surface area contributed by atoms with Crippen molar-refractivity contribution in [2.24, 2.45) is 0 Å². The van der Waals surface area contributed by atoms with E-state index >= 15 is 0 Å². The van der Waals surface area contributed by atoms with Crippen molar-refractivity contribution in [3.05, 3.63) is 54.4 Å². The van der Waals surface area contributed by atoms with E-state index in [4.69, 9.17) is 14.0 Å². The fraction of sp³-hybridized carbons (Fsp3) is 0.286. The Morgan fingerprint density at radius 2 is 1.93 bits per heavy atom. The third-order valence-corrected chi connectivity index (χ3v) is 5.15. The first-order valence-electron chi connectivity index (χ1n) is 9.64. The van der Waals surface area contributed by atoms with Crippen LogP contribution < -0.4 is 14.8 Å². The van der Waals surface area contributed by atoms with E-state index in [1.54, 1.807) is 23.1 Å². The summed E-state index contributed by atoms with van der Waals surface area (Å²) in [6.07, 6.45) is 2.72. The van der Waals surface area contributed by atoms with Crippen LogP contribution in [0.5, 0.6) is 11.5 Å². The maximum absolute atomic E-state index is 13.0. The highest BCUT2D eigenvalue weighted by Crippen LogP contribution is 2.35. The standard InChI is InChI=1S/C21H20N4O4/c26-21(22-15-9-10-17-18(12-15)28-13-27-17)25-11-5-4-8-16(25)20-23-19(24-29-20)14-6-2-1-3-7-14/h1-3,6-7,9-10,12,16H,4-5,8,11,13H2,(H,22,26)/t16-/m0/s1. The van der Waals surface area contributed by atoms with Crippen molar-refractivity contribution in [1.29, 1.82) is 0 Å². The van der Waals surface area contributed by atoms with Crippen LogP contribution in [-0.4, -0.2) is 34.4 Å². The molecular formula is C21H20N4O4. The van der Waals surface area contributed by atoms with Gasteiger partial charge in [0.25, 0.3) is 0 Å². The van der Waals surface area contributed by atoms with E-state index in [1.165, 1.54) is 0 Å². The van der Waals surface area contributed by atoms with Gasteiger partial charge in [0.05, 0.1) is 0 Å². The molecule has 8 heteroatoms. The zero-order chi connectivity index (χ0) is 19.6. The fourth-order valence-electron chi connectivity index (χ4n) is 3.68. The third kappa shape index (κ3) is 3.49. The Balaban J connectivity index is 1.35. The van der Waals surface area contributed by atoms with Crippen molar-refractivity contribution in [3.63, 3.8) is 0 Å². The number of hydrogen-bond donors (Lipinski definition) is 1. The smallest absolute Gasteiger partial charge is 0.322 e. The number of amides is 2. The molecule has 1 fully saturated rings. The second-order valence-corrected chi connectivity index (χ2v) is 7.03. The Bertz CT molecular complexity index is 1020. The van der Waals surface area contributed by atoms with E-state index in [0.29, 0.717) is 35.4 Å². The van der Waals surface area contributed by atoms with E-state index in [-0.39, 0.29) is 18.9 Å². The molecule has 0 radical (unpaired) electrons. The van der Waals surface area contributed by atoms with Crippen molar-refractivity contribution < 1.29 is 18.8 Å². The number of rotatable bonds is 3. The van der Waals surface area contributed by atoms with Crippen LogP contribution in [0.1, 0.15) is 31.2 Å². The molecule has 2 aliphatic rings. The van der Waals surface area contributed by atoms with Crippen LogP contribution >= 0.6 is 0 Å². The number of hydrogen-bond acceptors (Lipinski definition) is 6. The second kappa shape index (κ2) is 7.46. The zero-order valence-electron chi connectivity index (χ0n) is 15.7. The van der Waals surface area contributed by atoms with Crippen LogP contribution in [-0.2, 0) is 0 Å². The van der Waals surface area contributed by atoms with E-state index in [9.17, 15) is 4.79 Å². The molecule has 5 rings (SSSR count). The number of carbonyl (C=O) groups excluding carboxylic acids is 1. The van der Waals surface area contributed by atoms with Crippen molar-refractivity contribution in [2.45, 2.75) is 25.3 Å². The molecule has 1 saturated heterocycles. The van der Waals surface area contributed by atoms with E-state index < -0.39 is 0 Å². The number of piperidine rings is 1. The number of nitrogens with zero attached hydrogens (tertiary/aromatic N) is 3. The highest BCUT2D eigenvalue weighted by Gasteiger charge is 2.32. The Morgan fingerprint density at radius 1 is 1.07 bits per heavy atom. The average Bonchev–Trinajstić information content (AvgIpc) is 3.44. The number of nitrogens with one attached hydrogen (secondary N) is 1. The molecule has 0 aliphatic carbocycles. The van der Waals surface area contributed by atoms with Gasteiger partial charge in [-0.1, -0.05) is 35.5 Å². The normalized spacial score (nSPS) is 17.9. The van der Waals surface area contributed by atoms with Gasteiger partial charge in [0.2, 0.25) is 18.5 Å². The topological polar surface area (TPSA) is 89.7 Å². The molecule has 1 atom stereocenters. The summed E-state index contributed by atoms with van der Waals surface area (Å²) in [4.78, 5) is 19.3. The number of anilines is 1. The largest absolute Gasteiger partial charge is 0.454 e. The molecule has 29 heavy (non-hydrogen) atoms. The minimum absolute atomic E-state index is 0.196. The first-order chi connectivity index (χ1) is 14.3. The van der Waals surface area contributed by atoms with Crippen LogP contribution in [0, 0.1) is 0 Å².